The van der Waals surface area contributed by atoms with Crippen molar-refractivity contribution in [1.82, 2.24) is 4.98 Å². The predicted octanol–water partition coefficient (Wildman–Crippen LogP) is 3.09. The number of methoxy groups -OCH3 is 1. The number of aryl methyl sites for hydroxylation is 1. The van der Waals surface area contributed by atoms with Crippen LogP contribution < -0.4 is 5.32 Å². The summed E-state index contributed by atoms with van der Waals surface area (Å²) in [5, 5.41) is 4.19. The largest absolute Gasteiger partial charge is 0.465 e. The second-order valence-electron chi connectivity index (χ2n) is 5.30. The maximum Gasteiger partial charge on any atom is 0.350 e. The molecular formula is C13H20N2O2S. The van der Waals surface area contributed by atoms with E-state index < -0.39 is 0 Å². The number of carbonyl (C=O) groups excluding carboxylic acids is 1. The molecule has 0 bridgehead atoms. The van der Waals surface area contributed by atoms with Gasteiger partial charge in [0.15, 0.2) is 5.13 Å². The van der Waals surface area contributed by atoms with Gasteiger partial charge in [-0.3, -0.25) is 0 Å². The van der Waals surface area contributed by atoms with E-state index in [1.807, 2.05) is 6.92 Å². The van der Waals surface area contributed by atoms with Gasteiger partial charge in [-0.15, -0.1) is 0 Å². The summed E-state index contributed by atoms with van der Waals surface area (Å²) in [7, 11) is 1.40. The van der Waals surface area contributed by atoms with Crippen LogP contribution in [0.25, 0.3) is 0 Å². The number of hydrogen-bond donors (Lipinski definition) is 1. The van der Waals surface area contributed by atoms with Crippen LogP contribution in [0.5, 0.6) is 0 Å². The fourth-order valence-corrected chi connectivity index (χ4v) is 3.00. The summed E-state index contributed by atoms with van der Waals surface area (Å²) in [5.74, 6) is 0.384. The number of aromatic nitrogens is 1. The molecule has 1 aliphatic carbocycles. The Hall–Kier alpha value is -1.10. The van der Waals surface area contributed by atoms with Crippen LogP contribution in [0.4, 0.5) is 5.13 Å². The summed E-state index contributed by atoms with van der Waals surface area (Å²) in [6, 6.07) is 0. The molecule has 0 atom stereocenters. The van der Waals surface area contributed by atoms with Crippen molar-refractivity contribution in [1.29, 1.82) is 0 Å². The maximum atomic E-state index is 11.5. The number of nitrogens with zero attached hydrogens (tertiary/aromatic N) is 1. The lowest BCUT2D eigenvalue weighted by Gasteiger charge is -2.19. The first-order valence-electron chi connectivity index (χ1n) is 6.28. The van der Waals surface area contributed by atoms with Crippen LogP contribution in [0, 0.1) is 18.3 Å². The number of esters is 1. The lowest BCUT2D eigenvalue weighted by atomic mass is 9.92. The first kappa shape index (κ1) is 13.3. The average molecular weight is 268 g/mol. The number of hydrogen-bond acceptors (Lipinski definition) is 5. The molecule has 18 heavy (non-hydrogen) atoms. The van der Waals surface area contributed by atoms with Gasteiger partial charge in [-0.25, -0.2) is 9.78 Å². The molecule has 2 rings (SSSR count). The Bertz CT molecular complexity index is 450. The van der Waals surface area contributed by atoms with Crippen molar-refractivity contribution < 1.29 is 9.53 Å². The smallest absolute Gasteiger partial charge is 0.350 e. The fraction of sp³-hybridized carbons (Fsp3) is 0.692. The molecule has 0 amide bonds. The van der Waals surface area contributed by atoms with Crippen LogP contribution in [0.15, 0.2) is 0 Å². The van der Waals surface area contributed by atoms with E-state index in [0.717, 1.165) is 17.4 Å². The molecule has 0 spiro atoms. The molecule has 1 saturated carbocycles. The molecule has 1 aromatic heterocycles. The Morgan fingerprint density at radius 3 is 2.72 bits per heavy atom. The molecule has 0 radical (unpaired) electrons. The summed E-state index contributed by atoms with van der Waals surface area (Å²) in [5.41, 5.74) is 1.18. The van der Waals surface area contributed by atoms with Crippen molar-refractivity contribution in [3.8, 4) is 0 Å². The monoisotopic (exact) mass is 268 g/mol. The van der Waals surface area contributed by atoms with Gasteiger partial charge in [0.1, 0.15) is 4.88 Å². The van der Waals surface area contributed by atoms with Crippen molar-refractivity contribution in [3.63, 3.8) is 0 Å². The maximum absolute atomic E-state index is 11.5. The molecule has 1 aromatic rings. The van der Waals surface area contributed by atoms with Gasteiger partial charge in [-0.1, -0.05) is 25.2 Å². The first-order valence-corrected chi connectivity index (χ1v) is 7.10. The van der Waals surface area contributed by atoms with E-state index in [2.05, 4.69) is 24.1 Å². The van der Waals surface area contributed by atoms with Gasteiger partial charge < -0.3 is 10.1 Å². The van der Waals surface area contributed by atoms with Crippen molar-refractivity contribution in [2.75, 3.05) is 19.0 Å². The summed E-state index contributed by atoms with van der Waals surface area (Å²) in [4.78, 5) is 16.5. The zero-order valence-electron chi connectivity index (χ0n) is 11.4. The quantitative estimate of drug-likeness (QED) is 0.834. The molecule has 1 heterocycles. The topological polar surface area (TPSA) is 51.2 Å². The van der Waals surface area contributed by atoms with E-state index >= 15 is 0 Å². The molecule has 5 heteroatoms. The van der Waals surface area contributed by atoms with Gasteiger partial charge >= 0.3 is 5.97 Å². The highest BCUT2D eigenvalue weighted by Crippen LogP contribution is 2.51. The molecule has 0 saturated heterocycles. The van der Waals surface area contributed by atoms with E-state index in [1.165, 1.54) is 31.3 Å². The summed E-state index contributed by atoms with van der Waals surface area (Å²) < 4.78 is 4.73. The van der Waals surface area contributed by atoms with Gasteiger partial charge in [0.05, 0.1) is 12.8 Å². The Morgan fingerprint density at radius 1 is 1.56 bits per heavy atom. The van der Waals surface area contributed by atoms with Crippen molar-refractivity contribution >= 4 is 22.4 Å². The normalized spacial score (nSPS) is 16.7. The fourth-order valence-electron chi connectivity index (χ4n) is 2.12. The van der Waals surface area contributed by atoms with Gasteiger partial charge in [-0.2, -0.15) is 0 Å². The van der Waals surface area contributed by atoms with E-state index in [-0.39, 0.29) is 5.97 Å². The van der Waals surface area contributed by atoms with Crippen LogP contribution in [-0.2, 0) is 4.74 Å². The highest BCUT2D eigenvalue weighted by molar-refractivity contribution is 7.17. The van der Waals surface area contributed by atoms with Crippen molar-refractivity contribution in [2.45, 2.75) is 33.6 Å². The number of rotatable bonds is 5. The van der Waals surface area contributed by atoms with Gasteiger partial charge in [0.25, 0.3) is 0 Å². The minimum Gasteiger partial charge on any atom is -0.465 e. The standard InChI is InChI=1S/C13H20N2O2S/c1-8(2)13(5-6-13)7-14-12-15-9(3)10(18-12)11(16)17-4/h8H,5-7H2,1-4H3,(H,14,15). The lowest BCUT2D eigenvalue weighted by molar-refractivity contribution is 0.0605. The Kier molecular flexibility index (Phi) is 3.61. The van der Waals surface area contributed by atoms with Crippen LogP contribution >= 0.6 is 11.3 Å². The minimum atomic E-state index is -0.303. The molecule has 4 nitrogen and oxygen atoms in total. The van der Waals surface area contributed by atoms with E-state index in [1.54, 1.807) is 0 Å². The van der Waals surface area contributed by atoms with Gasteiger partial charge in [0, 0.05) is 6.54 Å². The SMILES string of the molecule is COC(=O)c1sc(NCC2(C(C)C)CC2)nc1C. The number of nitrogens with one attached hydrogen (secondary N) is 1. The van der Waals surface area contributed by atoms with E-state index in [4.69, 9.17) is 4.74 Å². The molecule has 1 fully saturated rings. The molecule has 0 unspecified atom stereocenters. The first-order chi connectivity index (χ1) is 8.48. The molecule has 1 aliphatic rings. The summed E-state index contributed by atoms with van der Waals surface area (Å²) in [6.45, 7) is 7.31. The molecular weight excluding hydrogens is 248 g/mol. The average Bonchev–Trinajstić information content (AvgIpc) is 3.05. The van der Waals surface area contributed by atoms with E-state index in [9.17, 15) is 4.79 Å². The van der Waals surface area contributed by atoms with Crippen LogP contribution in [0.2, 0.25) is 0 Å². The molecule has 0 aromatic carbocycles. The zero-order valence-corrected chi connectivity index (χ0v) is 12.2. The number of carbonyl (C=O) groups is 1. The van der Waals surface area contributed by atoms with Crippen LogP contribution in [0.1, 0.15) is 42.1 Å². The molecule has 100 valence electrons. The van der Waals surface area contributed by atoms with Gasteiger partial charge in [-0.05, 0) is 31.1 Å². The Morgan fingerprint density at radius 2 is 2.22 bits per heavy atom. The molecule has 1 N–H and O–H groups in total. The molecule has 0 aliphatic heterocycles. The number of thiazole rings is 1. The number of anilines is 1. The van der Waals surface area contributed by atoms with Crippen LogP contribution in [-0.4, -0.2) is 24.6 Å². The predicted molar refractivity (Wildman–Crippen MR) is 73.2 cm³/mol. The highest BCUT2D eigenvalue weighted by Gasteiger charge is 2.45. The zero-order chi connectivity index (χ0) is 13.3. The third-order valence-corrected chi connectivity index (χ3v) is 4.97. The van der Waals surface area contributed by atoms with Crippen LogP contribution in [0.3, 0.4) is 0 Å². The number of ether oxygens (including phenoxy) is 1. The second-order valence-corrected chi connectivity index (χ2v) is 6.29. The third-order valence-electron chi connectivity index (χ3n) is 3.88. The van der Waals surface area contributed by atoms with Crippen molar-refractivity contribution in [2.24, 2.45) is 11.3 Å². The summed E-state index contributed by atoms with van der Waals surface area (Å²) in [6.07, 6.45) is 2.57. The Labute approximate surface area is 112 Å². The Balaban J connectivity index is 2.01. The lowest BCUT2D eigenvalue weighted by Crippen LogP contribution is -2.20. The van der Waals surface area contributed by atoms with Gasteiger partial charge in [0.2, 0.25) is 0 Å². The van der Waals surface area contributed by atoms with Crippen molar-refractivity contribution in [3.05, 3.63) is 10.6 Å². The van der Waals surface area contributed by atoms with E-state index in [0.29, 0.717) is 16.2 Å². The minimum absolute atomic E-state index is 0.303. The third kappa shape index (κ3) is 2.51. The summed E-state index contributed by atoms with van der Waals surface area (Å²) >= 11 is 1.38. The second kappa shape index (κ2) is 4.88. The highest BCUT2D eigenvalue weighted by atomic mass is 32.1.